The lowest BCUT2D eigenvalue weighted by Crippen LogP contribution is -2.42. The zero-order valence-electron chi connectivity index (χ0n) is 12.5. The minimum Gasteiger partial charge on any atom is -0.481 e. The second-order valence-corrected chi connectivity index (χ2v) is 6.08. The third-order valence-corrected chi connectivity index (χ3v) is 4.37. The highest BCUT2D eigenvalue weighted by molar-refractivity contribution is 5.89. The van der Waals surface area contributed by atoms with Crippen molar-refractivity contribution in [3.63, 3.8) is 0 Å². The second kappa shape index (κ2) is 6.74. The molecule has 1 aromatic carbocycles. The standard InChI is InChI=1S/C17H23NO3/c1-17(16(20)21,13-8-4-2-5-9-13)12-15(19)18-14-10-6-3-7-11-14/h2,4-5,8-9,14H,3,6-7,10-12H2,1H3,(H,18,19)(H,20,21). The highest BCUT2D eigenvalue weighted by atomic mass is 16.4. The molecule has 4 nitrogen and oxygen atoms in total. The lowest BCUT2D eigenvalue weighted by molar-refractivity contribution is -0.145. The molecule has 0 bridgehead atoms. The normalized spacial score (nSPS) is 18.7. The fourth-order valence-electron chi connectivity index (χ4n) is 2.95. The molecule has 1 aliphatic carbocycles. The Balaban J connectivity index is 2.05. The van der Waals surface area contributed by atoms with Crippen molar-refractivity contribution >= 4 is 11.9 Å². The lowest BCUT2D eigenvalue weighted by atomic mass is 9.79. The Morgan fingerprint density at radius 1 is 1.19 bits per heavy atom. The Bertz CT molecular complexity index is 494. The van der Waals surface area contributed by atoms with Gasteiger partial charge in [0.2, 0.25) is 5.91 Å². The van der Waals surface area contributed by atoms with Gasteiger partial charge in [-0.25, -0.2) is 0 Å². The van der Waals surface area contributed by atoms with Crippen LogP contribution in [0.2, 0.25) is 0 Å². The quantitative estimate of drug-likeness (QED) is 0.876. The van der Waals surface area contributed by atoms with Crippen LogP contribution in [0.15, 0.2) is 30.3 Å². The van der Waals surface area contributed by atoms with Crippen molar-refractivity contribution in [3.05, 3.63) is 35.9 Å². The van der Waals surface area contributed by atoms with E-state index in [9.17, 15) is 14.7 Å². The van der Waals surface area contributed by atoms with E-state index in [2.05, 4.69) is 5.32 Å². The van der Waals surface area contributed by atoms with Crippen LogP contribution in [-0.4, -0.2) is 23.0 Å². The van der Waals surface area contributed by atoms with E-state index in [-0.39, 0.29) is 18.4 Å². The van der Waals surface area contributed by atoms with Gasteiger partial charge in [0.25, 0.3) is 0 Å². The number of amides is 1. The first-order valence-electron chi connectivity index (χ1n) is 7.60. The zero-order chi connectivity index (χ0) is 15.3. The number of hydrogen-bond donors (Lipinski definition) is 2. The van der Waals surface area contributed by atoms with Gasteiger partial charge in [0.1, 0.15) is 0 Å². The summed E-state index contributed by atoms with van der Waals surface area (Å²) in [6.07, 6.45) is 5.48. The Morgan fingerprint density at radius 3 is 2.38 bits per heavy atom. The van der Waals surface area contributed by atoms with Crippen LogP contribution in [0, 0.1) is 0 Å². The smallest absolute Gasteiger partial charge is 0.314 e. The monoisotopic (exact) mass is 289 g/mol. The minimum absolute atomic E-state index is 0.0250. The first-order valence-corrected chi connectivity index (χ1v) is 7.60. The van der Waals surface area contributed by atoms with Crippen molar-refractivity contribution in [2.24, 2.45) is 0 Å². The summed E-state index contributed by atoms with van der Waals surface area (Å²) in [6.45, 7) is 1.62. The molecular formula is C17H23NO3. The largest absolute Gasteiger partial charge is 0.481 e. The van der Waals surface area contributed by atoms with Crippen molar-refractivity contribution < 1.29 is 14.7 Å². The second-order valence-electron chi connectivity index (χ2n) is 6.08. The van der Waals surface area contributed by atoms with Crippen LogP contribution in [-0.2, 0) is 15.0 Å². The number of carbonyl (C=O) groups is 2. The number of aliphatic carboxylic acids is 1. The van der Waals surface area contributed by atoms with E-state index in [0.29, 0.717) is 5.56 Å². The summed E-state index contributed by atoms with van der Waals surface area (Å²) >= 11 is 0. The molecule has 1 fully saturated rings. The molecule has 1 unspecified atom stereocenters. The predicted octanol–water partition coefficient (Wildman–Crippen LogP) is 2.87. The van der Waals surface area contributed by atoms with Crippen molar-refractivity contribution in [1.29, 1.82) is 0 Å². The van der Waals surface area contributed by atoms with Crippen LogP contribution in [0.4, 0.5) is 0 Å². The molecule has 1 atom stereocenters. The number of rotatable bonds is 5. The number of hydrogen-bond acceptors (Lipinski definition) is 2. The van der Waals surface area contributed by atoms with Gasteiger partial charge in [-0.1, -0.05) is 49.6 Å². The first kappa shape index (κ1) is 15.5. The predicted molar refractivity (Wildman–Crippen MR) is 81.1 cm³/mol. The summed E-state index contributed by atoms with van der Waals surface area (Å²) in [5.74, 6) is -1.14. The van der Waals surface area contributed by atoms with Crippen LogP contribution < -0.4 is 5.32 Å². The Kier molecular flexibility index (Phi) is 4.99. The maximum Gasteiger partial charge on any atom is 0.314 e. The molecule has 2 rings (SSSR count). The number of carboxylic acid groups (broad SMARTS) is 1. The molecule has 21 heavy (non-hydrogen) atoms. The van der Waals surface area contributed by atoms with Gasteiger partial charge in [-0.3, -0.25) is 9.59 Å². The molecule has 4 heteroatoms. The summed E-state index contributed by atoms with van der Waals surface area (Å²) < 4.78 is 0. The topological polar surface area (TPSA) is 66.4 Å². The maximum absolute atomic E-state index is 12.2. The maximum atomic E-state index is 12.2. The van der Waals surface area contributed by atoms with Gasteiger partial charge in [-0.15, -0.1) is 0 Å². The van der Waals surface area contributed by atoms with Gasteiger partial charge in [0.15, 0.2) is 0 Å². The number of carboxylic acids is 1. The van der Waals surface area contributed by atoms with E-state index in [1.165, 1.54) is 6.42 Å². The molecule has 0 saturated heterocycles. The third-order valence-electron chi connectivity index (χ3n) is 4.37. The summed E-state index contributed by atoms with van der Waals surface area (Å²) in [5.41, 5.74) is -0.517. The van der Waals surface area contributed by atoms with Gasteiger partial charge in [0.05, 0.1) is 5.41 Å². The van der Waals surface area contributed by atoms with E-state index in [0.717, 1.165) is 25.7 Å². The average molecular weight is 289 g/mol. The molecule has 1 saturated carbocycles. The minimum atomic E-state index is -1.18. The lowest BCUT2D eigenvalue weighted by Gasteiger charge is -2.27. The van der Waals surface area contributed by atoms with Crippen LogP contribution in [0.5, 0.6) is 0 Å². The first-order chi connectivity index (χ1) is 10.0. The molecule has 0 aromatic heterocycles. The van der Waals surface area contributed by atoms with Gasteiger partial charge < -0.3 is 10.4 Å². The van der Waals surface area contributed by atoms with Crippen LogP contribution in [0.1, 0.15) is 51.0 Å². The van der Waals surface area contributed by atoms with Gasteiger partial charge >= 0.3 is 5.97 Å². The van der Waals surface area contributed by atoms with Gasteiger partial charge in [0, 0.05) is 12.5 Å². The highest BCUT2D eigenvalue weighted by Gasteiger charge is 2.37. The number of benzene rings is 1. The van der Waals surface area contributed by atoms with Crippen molar-refractivity contribution in [2.45, 2.75) is 56.9 Å². The molecule has 0 aliphatic heterocycles. The van der Waals surface area contributed by atoms with Crippen LogP contribution in [0.3, 0.4) is 0 Å². The molecule has 114 valence electrons. The molecule has 0 heterocycles. The van der Waals surface area contributed by atoms with E-state index in [1.807, 2.05) is 6.07 Å². The molecule has 1 aromatic rings. The Morgan fingerprint density at radius 2 is 1.81 bits per heavy atom. The van der Waals surface area contributed by atoms with E-state index >= 15 is 0 Å². The average Bonchev–Trinajstić information content (AvgIpc) is 2.48. The Hall–Kier alpha value is -1.84. The van der Waals surface area contributed by atoms with E-state index in [1.54, 1.807) is 31.2 Å². The highest BCUT2D eigenvalue weighted by Crippen LogP contribution is 2.28. The summed E-state index contributed by atoms with van der Waals surface area (Å²) in [6, 6.07) is 9.18. The van der Waals surface area contributed by atoms with E-state index in [4.69, 9.17) is 0 Å². The fourth-order valence-corrected chi connectivity index (χ4v) is 2.95. The molecular weight excluding hydrogens is 266 g/mol. The molecule has 2 N–H and O–H groups in total. The van der Waals surface area contributed by atoms with E-state index < -0.39 is 11.4 Å². The van der Waals surface area contributed by atoms with Gasteiger partial charge in [-0.05, 0) is 25.3 Å². The number of nitrogens with one attached hydrogen (secondary N) is 1. The third kappa shape index (κ3) is 3.84. The van der Waals surface area contributed by atoms with Gasteiger partial charge in [-0.2, -0.15) is 0 Å². The SMILES string of the molecule is CC(CC(=O)NC1CCCCC1)(C(=O)O)c1ccccc1. The van der Waals surface area contributed by atoms with Crippen molar-refractivity contribution in [2.75, 3.05) is 0 Å². The Labute approximate surface area is 125 Å². The molecule has 1 aliphatic rings. The zero-order valence-corrected chi connectivity index (χ0v) is 12.5. The fraction of sp³-hybridized carbons (Fsp3) is 0.529. The van der Waals surface area contributed by atoms with Crippen molar-refractivity contribution in [3.8, 4) is 0 Å². The molecule has 0 radical (unpaired) electrons. The van der Waals surface area contributed by atoms with Crippen LogP contribution >= 0.6 is 0 Å². The summed E-state index contributed by atoms with van der Waals surface area (Å²) in [4.78, 5) is 23.9. The molecule has 1 amide bonds. The van der Waals surface area contributed by atoms with Crippen LogP contribution in [0.25, 0.3) is 0 Å². The van der Waals surface area contributed by atoms with Crippen molar-refractivity contribution in [1.82, 2.24) is 5.32 Å². The summed E-state index contributed by atoms with van der Waals surface area (Å²) in [5, 5.41) is 12.6. The molecule has 0 spiro atoms. The summed E-state index contributed by atoms with van der Waals surface area (Å²) in [7, 11) is 0. The number of carbonyl (C=O) groups excluding carboxylic acids is 1.